The molecule has 0 nitrogen and oxygen atoms in total. The number of alkyl halides is 1. The summed E-state index contributed by atoms with van der Waals surface area (Å²) >= 11 is 6.89. The summed E-state index contributed by atoms with van der Waals surface area (Å²) in [5.41, 5.74) is 0.610. The molecule has 0 atom stereocenters. The van der Waals surface area contributed by atoms with Crippen molar-refractivity contribution in [3.63, 3.8) is 0 Å². The first-order chi connectivity index (χ1) is 9.19. The highest BCUT2D eigenvalue weighted by molar-refractivity contribution is 6.30. The maximum Gasteiger partial charge on any atom is 0.116 e. The molecule has 4 bridgehead atoms. The second-order valence-electron chi connectivity index (χ2n) is 9.36. The molecule has 5 fully saturated rings. The van der Waals surface area contributed by atoms with Gasteiger partial charge in [-0.1, -0.05) is 39.5 Å². The number of halogens is 1. The maximum absolute atomic E-state index is 6.89. The molecule has 5 saturated carbocycles. The topological polar surface area (TPSA) is 0 Å². The van der Waals surface area contributed by atoms with Crippen molar-refractivity contribution >= 4 is 11.6 Å². The third-order valence-corrected chi connectivity index (χ3v) is 8.80. The van der Waals surface area contributed by atoms with Crippen molar-refractivity contribution in [3.8, 4) is 11.8 Å². The molecule has 5 aliphatic carbocycles. The van der Waals surface area contributed by atoms with Crippen molar-refractivity contribution in [2.24, 2.45) is 34.0 Å². The van der Waals surface area contributed by atoms with Gasteiger partial charge in [0.15, 0.2) is 0 Å². The molecular formula is C19H27Cl. The van der Waals surface area contributed by atoms with Crippen LogP contribution in [0.1, 0.15) is 66.2 Å². The van der Waals surface area contributed by atoms with Crippen molar-refractivity contribution in [2.45, 2.75) is 71.1 Å². The van der Waals surface area contributed by atoms with E-state index in [-0.39, 0.29) is 15.7 Å². The van der Waals surface area contributed by atoms with Gasteiger partial charge in [0.1, 0.15) is 4.87 Å². The number of hydrogen-bond donors (Lipinski definition) is 0. The van der Waals surface area contributed by atoms with Crippen LogP contribution in [0.3, 0.4) is 0 Å². The van der Waals surface area contributed by atoms with Crippen LogP contribution in [-0.4, -0.2) is 4.87 Å². The van der Waals surface area contributed by atoms with Gasteiger partial charge in [0.2, 0.25) is 0 Å². The summed E-state index contributed by atoms with van der Waals surface area (Å²) in [4.78, 5) is -0.302. The molecule has 0 spiro atoms. The highest BCUT2D eigenvalue weighted by Crippen LogP contribution is 2.75. The van der Waals surface area contributed by atoms with Gasteiger partial charge in [0, 0.05) is 16.2 Å². The Morgan fingerprint density at radius 1 is 0.750 bits per heavy atom. The van der Waals surface area contributed by atoms with E-state index in [1.807, 2.05) is 0 Å². The quantitative estimate of drug-likeness (QED) is 0.422. The fraction of sp³-hybridized carbons (Fsp3) is 0.895. The van der Waals surface area contributed by atoms with Crippen LogP contribution in [0.2, 0.25) is 0 Å². The lowest BCUT2D eigenvalue weighted by Crippen LogP contribution is -2.45. The molecule has 0 unspecified atom stereocenters. The fourth-order valence-corrected chi connectivity index (χ4v) is 6.51. The Hall–Kier alpha value is -0.150. The van der Waals surface area contributed by atoms with Gasteiger partial charge in [0.25, 0.3) is 0 Å². The van der Waals surface area contributed by atoms with Crippen LogP contribution < -0.4 is 0 Å². The van der Waals surface area contributed by atoms with E-state index >= 15 is 0 Å². The average molecular weight is 291 g/mol. The van der Waals surface area contributed by atoms with Gasteiger partial charge in [-0.2, -0.15) is 0 Å². The number of rotatable bonds is 0. The largest absolute Gasteiger partial charge is 0.116 e. The molecule has 0 aromatic heterocycles. The van der Waals surface area contributed by atoms with Crippen LogP contribution in [0.5, 0.6) is 0 Å². The van der Waals surface area contributed by atoms with Crippen LogP contribution in [-0.2, 0) is 0 Å². The van der Waals surface area contributed by atoms with E-state index in [9.17, 15) is 0 Å². The Morgan fingerprint density at radius 3 is 1.50 bits per heavy atom. The molecule has 0 N–H and O–H groups in total. The van der Waals surface area contributed by atoms with Gasteiger partial charge in [-0.05, 0) is 56.3 Å². The first-order valence-corrected chi connectivity index (χ1v) is 8.80. The summed E-state index contributed by atoms with van der Waals surface area (Å²) in [7, 11) is 0. The lowest BCUT2D eigenvalue weighted by atomic mass is 9.50. The van der Waals surface area contributed by atoms with Gasteiger partial charge < -0.3 is 0 Å². The van der Waals surface area contributed by atoms with Crippen LogP contribution in [0.4, 0.5) is 0 Å². The highest BCUT2D eigenvalue weighted by atomic mass is 35.5. The third-order valence-electron chi connectivity index (χ3n) is 7.76. The number of hydrogen-bond acceptors (Lipinski definition) is 0. The zero-order chi connectivity index (χ0) is 14.4. The van der Waals surface area contributed by atoms with E-state index in [0.717, 1.165) is 17.8 Å². The van der Waals surface area contributed by atoms with Crippen molar-refractivity contribution < 1.29 is 0 Å². The molecular weight excluding hydrogens is 264 g/mol. The van der Waals surface area contributed by atoms with Gasteiger partial charge in [-0.25, -0.2) is 0 Å². The van der Waals surface area contributed by atoms with Crippen molar-refractivity contribution in [1.29, 1.82) is 0 Å². The van der Waals surface area contributed by atoms with Gasteiger partial charge in [-0.15, -0.1) is 11.6 Å². The first-order valence-electron chi connectivity index (χ1n) is 8.42. The third kappa shape index (κ3) is 1.46. The minimum atomic E-state index is -0.302. The molecule has 20 heavy (non-hydrogen) atoms. The molecule has 0 radical (unpaired) electrons. The first kappa shape index (κ1) is 13.5. The highest BCUT2D eigenvalue weighted by Gasteiger charge is 2.76. The Kier molecular flexibility index (Phi) is 2.43. The van der Waals surface area contributed by atoms with Gasteiger partial charge in [-0.3, -0.25) is 0 Å². The lowest BCUT2D eigenvalue weighted by molar-refractivity contribution is -0.0182. The molecule has 5 aliphatic rings. The van der Waals surface area contributed by atoms with Crippen molar-refractivity contribution in [2.75, 3.05) is 0 Å². The SMILES string of the molecule is CC1(C)C(C)(C)C1(Cl)C#CC12CC3CC(CC(C3)C1)C2. The predicted molar refractivity (Wildman–Crippen MR) is 84.5 cm³/mol. The van der Waals surface area contributed by atoms with E-state index in [1.54, 1.807) is 0 Å². The normalized spacial score (nSPS) is 48.5. The summed E-state index contributed by atoms with van der Waals surface area (Å²) < 4.78 is 0. The Labute approximate surface area is 129 Å². The maximum atomic E-state index is 6.89. The van der Waals surface area contributed by atoms with Crippen LogP contribution in [0.25, 0.3) is 0 Å². The second kappa shape index (κ2) is 3.60. The molecule has 0 aromatic carbocycles. The summed E-state index contributed by atoms with van der Waals surface area (Å²) in [6, 6.07) is 0. The molecule has 0 saturated heterocycles. The molecule has 5 rings (SSSR count). The second-order valence-corrected chi connectivity index (χ2v) is 9.92. The average Bonchev–Trinajstić information content (AvgIpc) is 2.63. The fourth-order valence-electron chi connectivity index (χ4n) is 6.04. The van der Waals surface area contributed by atoms with E-state index in [2.05, 4.69) is 39.5 Å². The zero-order valence-corrected chi connectivity index (χ0v) is 14.1. The minimum Gasteiger partial charge on any atom is -0.104 e. The van der Waals surface area contributed by atoms with Gasteiger partial charge in [0.05, 0.1) is 0 Å². The monoisotopic (exact) mass is 290 g/mol. The molecule has 0 amide bonds. The minimum absolute atomic E-state index is 0.136. The molecule has 0 heterocycles. The van der Waals surface area contributed by atoms with E-state index in [1.165, 1.54) is 38.5 Å². The van der Waals surface area contributed by atoms with Crippen LogP contribution >= 0.6 is 11.6 Å². The van der Waals surface area contributed by atoms with Crippen LogP contribution in [0.15, 0.2) is 0 Å². The van der Waals surface area contributed by atoms with Crippen molar-refractivity contribution in [3.05, 3.63) is 0 Å². The van der Waals surface area contributed by atoms with E-state index in [4.69, 9.17) is 11.6 Å². The lowest BCUT2D eigenvalue weighted by Gasteiger charge is -2.54. The predicted octanol–water partition coefficient (Wildman–Crippen LogP) is 5.25. The summed E-state index contributed by atoms with van der Waals surface area (Å²) in [5, 5.41) is 0. The Morgan fingerprint density at radius 2 is 1.15 bits per heavy atom. The van der Waals surface area contributed by atoms with Gasteiger partial charge >= 0.3 is 0 Å². The molecule has 0 aromatic rings. The summed E-state index contributed by atoms with van der Waals surface area (Å²) in [5.74, 6) is 10.3. The summed E-state index contributed by atoms with van der Waals surface area (Å²) in [6.07, 6.45) is 8.55. The molecule has 1 heteroatoms. The van der Waals surface area contributed by atoms with Crippen molar-refractivity contribution in [1.82, 2.24) is 0 Å². The zero-order valence-electron chi connectivity index (χ0n) is 13.4. The Bertz CT molecular complexity index is 464. The molecule has 110 valence electrons. The molecule has 0 aliphatic heterocycles. The van der Waals surface area contributed by atoms with E-state index in [0.29, 0.717) is 5.41 Å². The van der Waals surface area contributed by atoms with E-state index < -0.39 is 0 Å². The van der Waals surface area contributed by atoms with Crippen LogP contribution in [0, 0.1) is 45.8 Å². The Balaban J connectivity index is 1.64. The standard InChI is InChI=1S/C19H27Cl/c1-16(2)17(3,4)19(16,20)6-5-18-10-13-7-14(11-18)9-15(8-13)12-18/h13-15H,7-12H2,1-4H3. The summed E-state index contributed by atoms with van der Waals surface area (Å²) in [6.45, 7) is 9.09. The smallest absolute Gasteiger partial charge is 0.104 e.